The quantitative estimate of drug-likeness (QED) is 0.115. The van der Waals surface area contributed by atoms with Gasteiger partial charge in [-0.25, -0.2) is 4.79 Å². The molecule has 1 heterocycles. The first-order valence-corrected chi connectivity index (χ1v) is 12.1. The van der Waals surface area contributed by atoms with Crippen LogP contribution in [0.2, 0.25) is 0 Å². The van der Waals surface area contributed by atoms with Gasteiger partial charge in [-0.05, 0) is 50.1 Å². The van der Waals surface area contributed by atoms with Gasteiger partial charge in [0.2, 0.25) is 0 Å². The summed E-state index contributed by atoms with van der Waals surface area (Å²) in [5, 5.41) is 25.6. The number of Topliss-reactive ketones (excluding diaryl/α,β-unsaturated/α-hetero) is 2. The fourth-order valence-corrected chi connectivity index (χ4v) is 3.43. The van der Waals surface area contributed by atoms with E-state index in [0.29, 0.717) is 17.0 Å². The maximum absolute atomic E-state index is 12.4. The van der Waals surface area contributed by atoms with E-state index in [1.807, 2.05) is 4.90 Å². The fourth-order valence-electron chi connectivity index (χ4n) is 3.43. The zero-order valence-corrected chi connectivity index (χ0v) is 21.9. The number of amidine groups is 2. The summed E-state index contributed by atoms with van der Waals surface area (Å²) >= 11 is 0. The molecule has 0 unspecified atom stereocenters. The summed E-state index contributed by atoms with van der Waals surface area (Å²) in [5.41, 5.74) is 7.03. The number of ketones is 2. The van der Waals surface area contributed by atoms with Gasteiger partial charge in [-0.1, -0.05) is 12.1 Å². The first kappa shape index (κ1) is 33.6. The number of nitrogens with two attached hydrogens (primary N) is 1. The molecular formula is C26H26F6N4O6. The molecule has 1 fully saturated rings. The zero-order valence-electron chi connectivity index (χ0n) is 21.9. The number of phenols is 1. The minimum atomic E-state index is -5.77. The van der Waals surface area contributed by atoms with Crippen LogP contribution in [-0.4, -0.2) is 77.4 Å². The summed E-state index contributed by atoms with van der Waals surface area (Å²) in [7, 11) is 0. The molecule has 1 atom stereocenters. The van der Waals surface area contributed by atoms with Crippen molar-refractivity contribution >= 4 is 29.2 Å². The third kappa shape index (κ3) is 9.49. The predicted molar refractivity (Wildman–Crippen MR) is 136 cm³/mol. The van der Waals surface area contributed by atoms with Crippen molar-refractivity contribution in [2.24, 2.45) is 5.73 Å². The smallest absolute Gasteiger partial charge is 0.458 e. The van der Waals surface area contributed by atoms with Crippen LogP contribution in [0.3, 0.4) is 0 Å². The highest BCUT2D eigenvalue weighted by atomic mass is 19.4. The summed E-state index contributed by atoms with van der Waals surface area (Å²) in [4.78, 5) is 33.6. The van der Waals surface area contributed by atoms with Crippen molar-refractivity contribution in [3.63, 3.8) is 0 Å². The van der Waals surface area contributed by atoms with Gasteiger partial charge in [0.1, 0.15) is 24.4 Å². The number of carbonyl (C=O) groups is 3. The van der Waals surface area contributed by atoms with Crippen LogP contribution in [0.25, 0.3) is 0 Å². The molecule has 0 bridgehead atoms. The fraction of sp³-hybridized carbons (Fsp3) is 0.346. The Morgan fingerprint density at radius 1 is 0.905 bits per heavy atom. The van der Waals surface area contributed by atoms with Gasteiger partial charge in [0.25, 0.3) is 0 Å². The van der Waals surface area contributed by atoms with E-state index in [1.165, 1.54) is 18.2 Å². The second-order valence-corrected chi connectivity index (χ2v) is 8.90. The van der Waals surface area contributed by atoms with Crippen molar-refractivity contribution in [2.75, 3.05) is 19.7 Å². The van der Waals surface area contributed by atoms with Crippen molar-refractivity contribution in [3.05, 3.63) is 59.2 Å². The molecule has 0 aromatic heterocycles. The molecule has 228 valence electrons. The molecule has 0 aliphatic carbocycles. The summed E-state index contributed by atoms with van der Waals surface area (Å²) in [6.45, 7) is 3.50. The van der Waals surface area contributed by atoms with Crippen LogP contribution in [-0.2, 0) is 14.3 Å². The van der Waals surface area contributed by atoms with E-state index >= 15 is 0 Å². The number of ether oxygens (including phenoxy) is 2. The molecule has 3 rings (SSSR count). The number of rotatable bonds is 8. The van der Waals surface area contributed by atoms with Crippen LogP contribution in [0.1, 0.15) is 41.3 Å². The number of phenolic OH excluding ortho intramolecular Hbond substituents is 1. The van der Waals surface area contributed by atoms with Gasteiger partial charge in [0, 0.05) is 24.2 Å². The van der Waals surface area contributed by atoms with Crippen LogP contribution >= 0.6 is 0 Å². The van der Waals surface area contributed by atoms with Gasteiger partial charge in [-0.15, -0.1) is 0 Å². The Labute approximate surface area is 235 Å². The molecule has 42 heavy (non-hydrogen) atoms. The number of nitrogen functional groups attached to an aromatic ring is 1. The van der Waals surface area contributed by atoms with E-state index in [2.05, 4.69) is 0 Å². The molecule has 1 saturated heterocycles. The lowest BCUT2D eigenvalue weighted by Crippen LogP contribution is -2.39. The Balaban J connectivity index is 0.000000435. The standard InChI is InChI=1S/C22H26N4O4.C4F6O2/c1-14(13-29-19-12-17(20(23)24)8-9-18(19)27)30-22(28)16-6-4-15(5-7-16)21(25)26-10-2-3-11-26;5-3(6,7)1(11)2(12)4(8,9)10/h4-9,12,14,25,27H,2-3,10-11,13H2,1H3,(H3,23,24);/t14-;/m1./s1. The number of hydrogen-bond acceptors (Lipinski definition) is 8. The normalized spacial score (nSPS) is 13.8. The summed E-state index contributed by atoms with van der Waals surface area (Å²) in [6, 6.07) is 11.2. The van der Waals surface area contributed by atoms with Crippen LogP contribution in [0, 0.1) is 10.8 Å². The lowest BCUT2D eigenvalue weighted by molar-refractivity contribution is -0.193. The molecule has 2 aromatic carbocycles. The van der Waals surface area contributed by atoms with Gasteiger partial charge in [-0.2, -0.15) is 26.3 Å². The predicted octanol–water partition coefficient (Wildman–Crippen LogP) is 3.97. The van der Waals surface area contributed by atoms with Crippen molar-refractivity contribution < 1.29 is 55.3 Å². The monoisotopic (exact) mass is 604 g/mol. The van der Waals surface area contributed by atoms with Gasteiger partial charge in [0.05, 0.1) is 5.56 Å². The Hall–Kier alpha value is -4.63. The Bertz CT molecular complexity index is 1300. The number of alkyl halides is 6. The Morgan fingerprint density at radius 3 is 1.86 bits per heavy atom. The van der Waals surface area contributed by atoms with Crippen molar-refractivity contribution in [1.29, 1.82) is 10.8 Å². The van der Waals surface area contributed by atoms with E-state index < -0.39 is 36.0 Å². The molecule has 1 aliphatic rings. The van der Waals surface area contributed by atoms with E-state index in [4.69, 9.17) is 26.0 Å². The molecule has 0 saturated carbocycles. The van der Waals surface area contributed by atoms with Crippen LogP contribution in [0.4, 0.5) is 26.3 Å². The number of benzene rings is 2. The molecule has 5 N–H and O–H groups in total. The molecule has 1 aliphatic heterocycles. The molecule has 10 nitrogen and oxygen atoms in total. The van der Waals surface area contributed by atoms with Gasteiger partial charge in [-0.3, -0.25) is 20.4 Å². The maximum Gasteiger partial charge on any atom is 0.458 e. The lowest BCUT2D eigenvalue weighted by atomic mass is 10.1. The SMILES string of the molecule is C[C@H](COc1cc(C(=N)N)ccc1O)OC(=O)c1ccc(C(=N)N2CCCC2)cc1.O=C(C(=O)C(F)(F)F)C(F)(F)F. The van der Waals surface area contributed by atoms with E-state index in [1.54, 1.807) is 31.2 Å². The highest BCUT2D eigenvalue weighted by Crippen LogP contribution is 2.27. The molecule has 16 heteroatoms. The topological polar surface area (TPSA) is 167 Å². The molecule has 2 aromatic rings. The first-order valence-electron chi connectivity index (χ1n) is 12.1. The van der Waals surface area contributed by atoms with Gasteiger partial charge < -0.3 is 25.2 Å². The van der Waals surface area contributed by atoms with Crippen LogP contribution < -0.4 is 10.5 Å². The van der Waals surface area contributed by atoms with Crippen LogP contribution in [0.5, 0.6) is 11.5 Å². The minimum Gasteiger partial charge on any atom is -0.504 e. The number of esters is 1. The third-order valence-corrected chi connectivity index (χ3v) is 5.59. The second-order valence-electron chi connectivity index (χ2n) is 8.90. The highest BCUT2D eigenvalue weighted by Gasteiger charge is 2.54. The van der Waals surface area contributed by atoms with Crippen LogP contribution in [0.15, 0.2) is 42.5 Å². The van der Waals surface area contributed by atoms with E-state index in [0.717, 1.165) is 31.5 Å². The number of likely N-dealkylation sites (tertiary alicyclic amines) is 1. The number of hydrogen-bond donors (Lipinski definition) is 4. The Morgan fingerprint density at radius 2 is 1.38 bits per heavy atom. The van der Waals surface area contributed by atoms with Crippen molar-refractivity contribution in [1.82, 2.24) is 4.90 Å². The molecular weight excluding hydrogens is 578 g/mol. The Kier molecular flexibility index (Phi) is 11.1. The largest absolute Gasteiger partial charge is 0.504 e. The van der Waals surface area contributed by atoms with Gasteiger partial charge in [0.15, 0.2) is 11.5 Å². The molecule has 0 spiro atoms. The first-order chi connectivity index (χ1) is 19.4. The maximum atomic E-state index is 12.4. The third-order valence-electron chi connectivity index (χ3n) is 5.59. The van der Waals surface area contributed by atoms with Crippen molar-refractivity contribution in [3.8, 4) is 11.5 Å². The van der Waals surface area contributed by atoms with E-state index in [9.17, 15) is 45.8 Å². The number of carbonyl (C=O) groups excluding carboxylic acids is 3. The average molecular weight is 605 g/mol. The number of aromatic hydroxyl groups is 1. The summed E-state index contributed by atoms with van der Waals surface area (Å²) < 4.78 is 77.9. The lowest BCUT2D eigenvalue weighted by Gasteiger charge is -2.18. The minimum absolute atomic E-state index is 0.0261. The molecule has 0 radical (unpaired) electrons. The number of nitrogens with one attached hydrogen (secondary N) is 2. The highest BCUT2D eigenvalue weighted by molar-refractivity contribution is 6.41. The summed E-state index contributed by atoms with van der Waals surface area (Å²) in [5.74, 6) is -6.90. The number of halogens is 6. The average Bonchev–Trinajstić information content (AvgIpc) is 3.45. The zero-order chi connectivity index (χ0) is 31.8. The number of nitrogens with zero attached hydrogens (tertiary/aromatic N) is 1. The van der Waals surface area contributed by atoms with Crippen molar-refractivity contribution in [2.45, 2.75) is 38.2 Å². The van der Waals surface area contributed by atoms with E-state index in [-0.39, 0.29) is 23.9 Å². The molecule has 0 amide bonds. The summed E-state index contributed by atoms with van der Waals surface area (Å²) in [6.07, 6.45) is -9.91. The van der Waals surface area contributed by atoms with Gasteiger partial charge >= 0.3 is 29.9 Å². The second kappa shape index (κ2) is 13.8.